The third-order valence-corrected chi connectivity index (χ3v) is 3.89. The molecular formula is C17H19BrO2. The average molecular weight is 335 g/mol. The molecule has 3 heteroatoms. The lowest BCUT2D eigenvalue weighted by Gasteiger charge is -2.14. The molecule has 0 bridgehead atoms. The fourth-order valence-electron chi connectivity index (χ4n) is 2.42. The van der Waals surface area contributed by atoms with Crippen LogP contribution in [0.5, 0.6) is 5.75 Å². The molecule has 0 amide bonds. The smallest absolute Gasteiger partial charge is 0.133 e. The first-order valence-electron chi connectivity index (χ1n) is 6.58. The summed E-state index contributed by atoms with van der Waals surface area (Å²) in [6.45, 7) is 4.15. The summed E-state index contributed by atoms with van der Waals surface area (Å²) >= 11 is 3.45. The number of aryl methyl sites for hydroxylation is 2. The molecule has 0 saturated carbocycles. The van der Waals surface area contributed by atoms with Crippen molar-refractivity contribution in [1.29, 1.82) is 0 Å². The molecule has 1 unspecified atom stereocenters. The van der Waals surface area contributed by atoms with Gasteiger partial charge in [-0.15, -0.1) is 0 Å². The molecule has 106 valence electrons. The number of rotatable bonds is 4. The van der Waals surface area contributed by atoms with Crippen molar-refractivity contribution in [1.82, 2.24) is 0 Å². The maximum atomic E-state index is 10.4. The van der Waals surface area contributed by atoms with E-state index in [9.17, 15) is 5.11 Å². The number of hydrogen-bond acceptors (Lipinski definition) is 2. The van der Waals surface area contributed by atoms with Crippen molar-refractivity contribution in [2.24, 2.45) is 0 Å². The Morgan fingerprint density at radius 2 is 1.75 bits per heavy atom. The molecule has 0 aliphatic heterocycles. The zero-order valence-electron chi connectivity index (χ0n) is 12.0. The van der Waals surface area contributed by atoms with Gasteiger partial charge in [0.1, 0.15) is 5.75 Å². The Hall–Kier alpha value is -1.32. The fraction of sp³-hybridized carbons (Fsp3) is 0.294. The van der Waals surface area contributed by atoms with E-state index in [-0.39, 0.29) is 0 Å². The molecule has 2 aromatic carbocycles. The van der Waals surface area contributed by atoms with E-state index in [0.29, 0.717) is 6.42 Å². The normalized spacial score (nSPS) is 12.2. The van der Waals surface area contributed by atoms with Crippen LogP contribution in [0.1, 0.15) is 28.4 Å². The van der Waals surface area contributed by atoms with Gasteiger partial charge in [0.05, 0.1) is 17.7 Å². The van der Waals surface area contributed by atoms with E-state index in [1.807, 2.05) is 18.2 Å². The summed E-state index contributed by atoms with van der Waals surface area (Å²) in [5.74, 6) is 0.771. The number of halogens is 1. The van der Waals surface area contributed by atoms with E-state index < -0.39 is 6.10 Å². The fourth-order valence-corrected chi connectivity index (χ4v) is 2.98. The third kappa shape index (κ3) is 3.62. The van der Waals surface area contributed by atoms with Crippen LogP contribution in [0.3, 0.4) is 0 Å². The quantitative estimate of drug-likeness (QED) is 0.900. The predicted octanol–water partition coefficient (Wildman–Crippen LogP) is 4.35. The van der Waals surface area contributed by atoms with Gasteiger partial charge >= 0.3 is 0 Å². The standard InChI is InChI=1S/C17H19BrO2/c1-11-6-12(2)8-13(7-11)9-16(19)14-4-5-17(20-3)15(18)10-14/h4-8,10,16,19H,9H2,1-3H3. The maximum Gasteiger partial charge on any atom is 0.133 e. The van der Waals surface area contributed by atoms with Gasteiger partial charge in [0, 0.05) is 6.42 Å². The highest BCUT2D eigenvalue weighted by Gasteiger charge is 2.11. The Kier molecular flexibility index (Phi) is 4.84. The van der Waals surface area contributed by atoms with Gasteiger partial charge in [-0.3, -0.25) is 0 Å². The van der Waals surface area contributed by atoms with Crippen LogP contribution in [-0.2, 0) is 6.42 Å². The van der Waals surface area contributed by atoms with Crippen molar-refractivity contribution in [2.45, 2.75) is 26.4 Å². The molecule has 0 aromatic heterocycles. The summed E-state index contributed by atoms with van der Waals surface area (Å²) in [4.78, 5) is 0. The van der Waals surface area contributed by atoms with Crippen molar-refractivity contribution in [3.05, 3.63) is 63.1 Å². The summed E-state index contributed by atoms with van der Waals surface area (Å²) < 4.78 is 6.06. The molecule has 0 fully saturated rings. The molecule has 2 nitrogen and oxygen atoms in total. The zero-order valence-corrected chi connectivity index (χ0v) is 13.6. The van der Waals surface area contributed by atoms with Crippen LogP contribution >= 0.6 is 15.9 Å². The number of aliphatic hydroxyl groups is 1. The van der Waals surface area contributed by atoms with Crippen molar-refractivity contribution in [3.8, 4) is 5.75 Å². The van der Waals surface area contributed by atoms with Crippen molar-refractivity contribution in [2.75, 3.05) is 7.11 Å². The van der Waals surface area contributed by atoms with E-state index in [2.05, 4.69) is 48.0 Å². The van der Waals surface area contributed by atoms with E-state index in [4.69, 9.17) is 4.74 Å². The van der Waals surface area contributed by atoms with Crippen molar-refractivity contribution in [3.63, 3.8) is 0 Å². The summed E-state index contributed by atoms with van der Waals surface area (Å²) in [5, 5.41) is 10.4. The number of ether oxygens (including phenoxy) is 1. The average Bonchev–Trinajstić information content (AvgIpc) is 2.37. The Morgan fingerprint density at radius 1 is 1.10 bits per heavy atom. The first kappa shape index (κ1) is 15.1. The monoisotopic (exact) mass is 334 g/mol. The van der Waals surface area contributed by atoms with E-state index >= 15 is 0 Å². The molecule has 1 atom stereocenters. The van der Waals surface area contributed by atoms with Crippen molar-refractivity contribution < 1.29 is 9.84 Å². The molecule has 0 saturated heterocycles. The van der Waals surface area contributed by atoms with Crippen LogP contribution in [0, 0.1) is 13.8 Å². The summed E-state index contributed by atoms with van der Waals surface area (Å²) in [6, 6.07) is 12.1. The maximum absolute atomic E-state index is 10.4. The van der Waals surface area contributed by atoms with Gasteiger partial charge in [-0.05, 0) is 53.0 Å². The minimum Gasteiger partial charge on any atom is -0.496 e. The molecule has 1 N–H and O–H groups in total. The van der Waals surface area contributed by atoms with Gasteiger partial charge in [-0.1, -0.05) is 35.4 Å². The number of hydrogen-bond donors (Lipinski definition) is 1. The zero-order chi connectivity index (χ0) is 14.7. The number of methoxy groups -OCH3 is 1. The van der Waals surface area contributed by atoms with Crippen LogP contribution in [0.15, 0.2) is 40.9 Å². The highest BCUT2D eigenvalue weighted by Crippen LogP contribution is 2.29. The molecule has 2 aromatic rings. The molecular weight excluding hydrogens is 316 g/mol. The summed E-state index contributed by atoms with van der Waals surface area (Å²) in [7, 11) is 1.63. The lowest BCUT2D eigenvalue weighted by molar-refractivity contribution is 0.178. The Morgan fingerprint density at radius 3 is 2.30 bits per heavy atom. The van der Waals surface area contributed by atoms with Crippen LogP contribution in [0.25, 0.3) is 0 Å². The molecule has 20 heavy (non-hydrogen) atoms. The summed E-state index contributed by atoms with van der Waals surface area (Å²) in [6.07, 6.45) is 0.0970. The van der Waals surface area contributed by atoms with Gasteiger partial charge in [0.2, 0.25) is 0 Å². The number of benzene rings is 2. The lowest BCUT2D eigenvalue weighted by Crippen LogP contribution is -2.02. The van der Waals surface area contributed by atoms with Crippen LogP contribution in [0.2, 0.25) is 0 Å². The molecule has 0 radical (unpaired) electrons. The second-order valence-electron chi connectivity index (χ2n) is 5.11. The Balaban J connectivity index is 2.19. The number of aliphatic hydroxyl groups excluding tert-OH is 1. The van der Waals surface area contributed by atoms with Gasteiger partial charge in [-0.2, -0.15) is 0 Å². The largest absolute Gasteiger partial charge is 0.496 e. The van der Waals surface area contributed by atoms with Gasteiger partial charge in [0.15, 0.2) is 0 Å². The Bertz CT molecular complexity index is 588. The highest BCUT2D eigenvalue weighted by atomic mass is 79.9. The minimum atomic E-state index is -0.515. The van der Waals surface area contributed by atoms with Crippen molar-refractivity contribution >= 4 is 15.9 Å². The first-order chi connectivity index (χ1) is 9.49. The molecule has 2 rings (SSSR count). The molecule has 0 aliphatic carbocycles. The van der Waals surface area contributed by atoms with E-state index in [1.165, 1.54) is 11.1 Å². The van der Waals surface area contributed by atoms with Gasteiger partial charge in [0.25, 0.3) is 0 Å². The SMILES string of the molecule is COc1ccc(C(O)Cc2cc(C)cc(C)c2)cc1Br. The first-order valence-corrected chi connectivity index (χ1v) is 7.37. The third-order valence-electron chi connectivity index (χ3n) is 3.27. The topological polar surface area (TPSA) is 29.5 Å². The van der Waals surface area contributed by atoms with Crippen LogP contribution in [-0.4, -0.2) is 12.2 Å². The molecule has 0 heterocycles. The lowest BCUT2D eigenvalue weighted by atomic mass is 9.98. The van der Waals surface area contributed by atoms with E-state index in [1.54, 1.807) is 7.11 Å². The second-order valence-corrected chi connectivity index (χ2v) is 5.96. The molecule has 0 spiro atoms. The van der Waals surface area contributed by atoms with E-state index in [0.717, 1.165) is 21.3 Å². The predicted molar refractivity (Wildman–Crippen MR) is 85.3 cm³/mol. The molecule has 0 aliphatic rings. The second kappa shape index (κ2) is 6.42. The van der Waals surface area contributed by atoms with Crippen LogP contribution < -0.4 is 4.74 Å². The Labute approximate surface area is 128 Å². The minimum absolute atomic E-state index is 0.515. The summed E-state index contributed by atoms with van der Waals surface area (Å²) in [5.41, 5.74) is 4.49. The highest BCUT2D eigenvalue weighted by molar-refractivity contribution is 9.10. The van der Waals surface area contributed by atoms with Crippen LogP contribution in [0.4, 0.5) is 0 Å². The van der Waals surface area contributed by atoms with Gasteiger partial charge in [-0.25, -0.2) is 0 Å². The van der Waals surface area contributed by atoms with Gasteiger partial charge < -0.3 is 9.84 Å².